The van der Waals surface area contributed by atoms with Crippen molar-refractivity contribution in [3.8, 4) is 0 Å². The third-order valence-electron chi connectivity index (χ3n) is 0.959. The van der Waals surface area contributed by atoms with Gasteiger partial charge in [-0.05, 0) is 0 Å². The Labute approximate surface area is 75.5 Å². The molecule has 0 spiro atoms. The molecule has 0 aromatic carbocycles. The predicted octanol–water partition coefficient (Wildman–Crippen LogP) is -2.07. The molecule has 0 radical (unpaired) electrons. The van der Waals surface area contributed by atoms with Crippen molar-refractivity contribution >= 4 is 15.8 Å². The van der Waals surface area contributed by atoms with E-state index >= 15 is 0 Å². The minimum Gasteiger partial charge on any atom is -0.369 e. The van der Waals surface area contributed by atoms with E-state index in [0.717, 1.165) is 6.26 Å². The zero-order valence-electron chi connectivity index (χ0n) is 7.01. The van der Waals surface area contributed by atoms with Crippen LogP contribution in [0.15, 0.2) is 4.99 Å². The second-order valence-corrected chi connectivity index (χ2v) is 4.56. The summed E-state index contributed by atoms with van der Waals surface area (Å²) in [5.41, 5.74) is 6.89. The first-order valence-electron chi connectivity index (χ1n) is 3.23. The van der Waals surface area contributed by atoms with Crippen molar-refractivity contribution in [2.24, 2.45) is 10.7 Å². The summed E-state index contributed by atoms with van der Waals surface area (Å²) in [5, 5.41) is 16.0. The number of hydrogen-bond acceptors (Lipinski definition) is 6. The normalized spacial score (nSPS) is 13.4. The van der Waals surface area contributed by atoms with Crippen LogP contribution in [0.5, 0.6) is 0 Å². The molecule has 0 aliphatic heterocycles. The molecule has 78 valence electrons. The third-order valence-corrected chi connectivity index (χ3v) is 1.88. The standard InChI is InChI=1S/C4H12N4O4S/c1-13(11,12)3-2-6-4(5)7-8(9)10/h9-10H,2-3H2,1H3,(H3,5,6,7). The van der Waals surface area contributed by atoms with Gasteiger partial charge in [-0.25, -0.2) is 13.8 Å². The monoisotopic (exact) mass is 212 g/mol. The minimum absolute atomic E-state index is 0.0362. The van der Waals surface area contributed by atoms with Gasteiger partial charge < -0.3 is 5.73 Å². The van der Waals surface area contributed by atoms with E-state index in [-0.39, 0.29) is 23.6 Å². The highest BCUT2D eigenvalue weighted by Crippen LogP contribution is 1.82. The van der Waals surface area contributed by atoms with Crippen LogP contribution in [0.1, 0.15) is 0 Å². The van der Waals surface area contributed by atoms with Gasteiger partial charge in [0.15, 0.2) is 0 Å². The van der Waals surface area contributed by atoms with Crippen molar-refractivity contribution in [3.05, 3.63) is 0 Å². The van der Waals surface area contributed by atoms with E-state index in [4.69, 9.17) is 16.1 Å². The van der Waals surface area contributed by atoms with Gasteiger partial charge in [0, 0.05) is 11.6 Å². The number of guanidine groups is 1. The Morgan fingerprint density at radius 3 is 2.54 bits per heavy atom. The van der Waals surface area contributed by atoms with E-state index in [1.165, 1.54) is 0 Å². The van der Waals surface area contributed by atoms with Gasteiger partial charge in [-0.2, -0.15) is 0 Å². The quantitative estimate of drug-likeness (QED) is 0.239. The molecular weight excluding hydrogens is 200 g/mol. The summed E-state index contributed by atoms with van der Waals surface area (Å²) in [6, 6.07) is 0. The smallest absolute Gasteiger partial charge is 0.207 e. The van der Waals surface area contributed by atoms with E-state index in [1.807, 2.05) is 0 Å². The van der Waals surface area contributed by atoms with E-state index in [0.29, 0.717) is 0 Å². The fraction of sp³-hybridized carbons (Fsp3) is 0.750. The molecular formula is C4H12N4O4S. The molecule has 0 aliphatic carbocycles. The van der Waals surface area contributed by atoms with Crippen molar-refractivity contribution in [1.82, 2.24) is 10.8 Å². The second kappa shape index (κ2) is 4.97. The number of rotatable bonds is 4. The number of hydrazine groups is 1. The molecule has 8 nitrogen and oxygen atoms in total. The molecule has 9 heteroatoms. The average molecular weight is 212 g/mol. The Balaban J connectivity index is 3.85. The molecule has 0 aromatic heterocycles. The van der Waals surface area contributed by atoms with Crippen LogP contribution in [0.4, 0.5) is 0 Å². The Morgan fingerprint density at radius 2 is 2.15 bits per heavy atom. The zero-order chi connectivity index (χ0) is 10.5. The molecule has 0 amide bonds. The lowest BCUT2D eigenvalue weighted by molar-refractivity contribution is -0.329. The van der Waals surface area contributed by atoms with Crippen LogP contribution in [-0.2, 0) is 9.84 Å². The Morgan fingerprint density at radius 1 is 1.62 bits per heavy atom. The summed E-state index contributed by atoms with van der Waals surface area (Å²) in [5.74, 6) is -0.430. The lowest BCUT2D eigenvalue weighted by Gasteiger charge is -2.07. The largest absolute Gasteiger partial charge is 0.369 e. The van der Waals surface area contributed by atoms with Crippen molar-refractivity contribution < 1.29 is 18.8 Å². The summed E-state index contributed by atoms with van der Waals surface area (Å²) >= 11 is 0. The summed E-state index contributed by atoms with van der Waals surface area (Å²) in [4.78, 5) is 3.49. The van der Waals surface area contributed by atoms with Gasteiger partial charge in [0.25, 0.3) is 0 Å². The highest BCUT2D eigenvalue weighted by molar-refractivity contribution is 7.90. The number of sulfone groups is 1. The average Bonchev–Trinajstić information content (AvgIpc) is 1.81. The van der Waals surface area contributed by atoms with Gasteiger partial charge in [0.2, 0.25) is 5.96 Å². The van der Waals surface area contributed by atoms with Crippen LogP contribution < -0.4 is 11.2 Å². The summed E-state index contributed by atoms with van der Waals surface area (Å²) in [6.45, 7) is -0.0362. The van der Waals surface area contributed by atoms with Gasteiger partial charge in [0.1, 0.15) is 9.84 Å². The molecule has 0 atom stereocenters. The molecule has 13 heavy (non-hydrogen) atoms. The number of aliphatic imine (C=N–C) groups is 1. The number of nitrogens with zero attached hydrogens (tertiary/aromatic N) is 2. The fourth-order valence-electron chi connectivity index (χ4n) is 0.470. The van der Waals surface area contributed by atoms with Crippen LogP contribution >= 0.6 is 0 Å². The van der Waals surface area contributed by atoms with Gasteiger partial charge in [0.05, 0.1) is 12.3 Å². The van der Waals surface area contributed by atoms with Crippen LogP contribution in [0.25, 0.3) is 0 Å². The van der Waals surface area contributed by atoms with E-state index < -0.39 is 9.84 Å². The molecule has 0 unspecified atom stereocenters. The van der Waals surface area contributed by atoms with E-state index in [2.05, 4.69) is 4.99 Å². The van der Waals surface area contributed by atoms with E-state index in [1.54, 1.807) is 5.43 Å². The Kier molecular flexibility index (Phi) is 4.62. The minimum atomic E-state index is -3.08. The molecule has 0 aromatic rings. The fourth-order valence-corrected chi connectivity index (χ4v) is 0.893. The van der Waals surface area contributed by atoms with Gasteiger partial charge in [-0.3, -0.25) is 15.4 Å². The Bertz CT molecular complexity index is 272. The first-order chi connectivity index (χ1) is 5.81. The lowest BCUT2D eigenvalue weighted by atomic mass is 10.8. The van der Waals surface area contributed by atoms with Crippen molar-refractivity contribution in [2.75, 3.05) is 18.6 Å². The number of nitrogens with one attached hydrogen (secondary N) is 1. The summed E-state index contributed by atoms with van der Waals surface area (Å²) in [6.07, 6.45) is 1.07. The molecule has 0 rings (SSSR count). The molecule has 5 N–H and O–H groups in total. The van der Waals surface area contributed by atoms with Gasteiger partial charge in [-0.15, -0.1) is 0 Å². The van der Waals surface area contributed by atoms with Crippen LogP contribution in [-0.4, -0.2) is 48.7 Å². The maximum absolute atomic E-state index is 10.6. The maximum atomic E-state index is 10.6. The van der Waals surface area contributed by atoms with Crippen molar-refractivity contribution in [3.63, 3.8) is 0 Å². The third kappa shape index (κ3) is 9.01. The van der Waals surface area contributed by atoms with Gasteiger partial charge >= 0.3 is 0 Å². The second-order valence-electron chi connectivity index (χ2n) is 2.30. The summed E-state index contributed by atoms with van der Waals surface area (Å²) in [7, 11) is -3.08. The maximum Gasteiger partial charge on any atom is 0.207 e. The van der Waals surface area contributed by atoms with Crippen molar-refractivity contribution in [2.45, 2.75) is 0 Å². The summed E-state index contributed by atoms with van der Waals surface area (Å²) < 4.78 is 21.2. The van der Waals surface area contributed by atoms with E-state index in [9.17, 15) is 8.42 Å². The lowest BCUT2D eigenvalue weighted by Crippen LogP contribution is -2.42. The molecule has 0 fully saturated rings. The van der Waals surface area contributed by atoms with Crippen LogP contribution in [0.2, 0.25) is 0 Å². The highest BCUT2D eigenvalue weighted by Gasteiger charge is 2.01. The highest BCUT2D eigenvalue weighted by atomic mass is 32.2. The Hall–Kier alpha value is -0.900. The van der Waals surface area contributed by atoms with Crippen molar-refractivity contribution in [1.29, 1.82) is 0 Å². The topological polar surface area (TPSA) is 128 Å². The molecule has 0 saturated carbocycles. The number of hydrogen-bond donors (Lipinski definition) is 4. The SMILES string of the molecule is CS(=O)(=O)CCN=C(N)NN(O)O. The number of nitrogens with two attached hydrogens (primary N) is 1. The molecule has 0 aliphatic rings. The van der Waals surface area contributed by atoms with Crippen LogP contribution in [0, 0.1) is 0 Å². The van der Waals surface area contributed by atoms with Crippen LogP contribution in [0.3, 0.4) is 0 Å². The van der Waals surface area contributed by atoms with Gasteiger partial charge in [-0.1, -0.05) is 0 Å². The molecule has 0 heterocycles. The first kappa shape index (κ1) is 12.1. The predicted molar refractivity (Wildman–Crippen MR) is 44.7 cm³/mol. The zero-order valence-corrected chi connectivity index (χ0v) is 7.82. The first-order valence-corrected chi connectivity index (χ1v) is 5.29. The molecule has 0 bridgehead atoms. The molecule has 0 saturated heterocycles.